The molecule has 0 spiro atoms. The van der Waals surface area contributed by atoms with Crippen LogP contribution in [0.1, 0.15) is 11.4 Å². The molecule has 68 valence electrons. The third kappa shape index (κ3) is 1.38. The Kier molecular flexibility index (Phi) is 2.04. The first-order chi connectivity index (χ1) is 6.81. The first-order valence-corrected chi connectivity index (χ1v) is 4.32. The number of aryl methyl sites for hydroxylation is 1. The van der Waals surface area contributed by atoms with Crippen LogP contribution in [0.5, 0.6) is 0 Å². The van der Waals surface area contributed by atoms with Gasteiger partial charge in [-0.25, -0.2) is 4.98 Å². The van der Waals surface area contributed by atoms with Crippen molar-refractivity contribution in [2.45, 2.75) is 6.92 Å². The summed E-state index contributed by atoms with van der Waals surface area (Å²) in [6.45, 7) is 2.03. The maximum atomic E-state index is 8.62. The van der Waals surface area contributed by atoms with E-state index in [4.69, 9.17) is 5.26 Å². The van der Waals surface area contributed by atoms with Crippen molar-refractivity contribution >= 4 is 0 Å². The fraction of sp³-hybridized carbons (Fsp3) is 0.0909. The molecule has 1 N–H and O–H groups in total. The number of nitriles is 1. The molecule has 3 nitrogen and oxygen atoms in total. The summed E-state index contributed by atoms with van der Waals surface area (Å²) in [6, 6.07) is 9.96. The second kappa shape index (κ2) is 3.35. The van der Waals surface area contributed by atoms with E-state index in [-0.39, 0.29) is 0 Å². The Bertz CT molecular complexity index is 491. The first kappa shape index (κ1) is 8.52. The van der Waals surface area contributed by atoms with Crippen molar-refractivity contribution in [3.8, 4) is 17.3 Å². The maximum Gasteiger partial charge on any atom is 0.210 e. The van der Waals surface area contributed by atoms with Crippen LogP contribution in [0.15, 0.2) is 30.5 Å². The molecule has 0 aliphatic rings. The highest BCUT2D eigenvalue weighted by Crippen LogP contribution is 2.20. The molecule has 1 aromatic heterocycles. The van der Waals surface area contributed by atoms with Gasteiger partial charge in [0, 0.05) is 5.56 Å². The van der Waals surface area contributed by atoms with Crippen molar-refractivity contribution in [3.63, 3.8) is 0 Å². The molecule has 0 aliphatic carbocycles. The van der Waals surface area contributed by atoms with E-state index in [1.807, 2.05) is 37.3 Å². The monoisotopic (exact) mass is 183 g/mol. The molecule has 0 amide bonds. The molecule has 14 heavy (non-hydrogen) atoms. The van der Waals surface area contributed by atoms with Crippen LogP contribution in [0.2, 0.25) is 0 Å². The number of aromatic amines is 1. The molecular weight excluding hydrogens is 174 g/mol. The zero-order valence-corrected chi connectivity index (χ0v) is 7.78. The Morgan fingerprint density at radius 3 is 2.79 bits per heavy atom. The van der Waals surface area contributed by atoms with Gasteiger partial charge in [0.1, 0.15) is 6.07 Å². The van der Waals surface area contributed by atoms with E-state index in [2.05, 4.69) is 9.97 Å². The number of hydrogen-bond acceptors (Lipinski definition) is 2. The number of hydrogen-bond donors (Lipinski definition) is 1. The molecule has 0 aliphatic heterocycles. The van der Waals surface area contributed by atoms with Gasteiger partial charge < -0.3 is 4.98 Å². The van der Waals surface area contributed by atoms with Gasteiger partial charge >= 0.3 is 0 Å². The summed E-state index contributed by atoms with van der Waals surface area (Å²) in [5.41, 5.74) is 3.14. The largest absolute Gasteiger partial charge is 0.329 e. The molecule has 0 saturated carbocycles. The van der Waals surface area contributed by atoms with Crippen LogP contribution >= 0.6 is 0 Å². The summed E-state index contributed by atoms with van der Waals surface area (Å²) in [6.07, 6.45) is 1.68. The van der Waals surface area contributed by atoms with Gasteiger partial charge in [0.15, 0.2) is 0 Å². The third-order valence-electron chi connectivity index (χ3n) is 2.12. The van der Waals surface area contributed by atoms with Crippen LogP contribution in [0.25, 0.3) is 11.3 Å². The Hall–Kier alpha value is -2.08. The summed E-state index contributed by atoms with van der Waals surface area (Å²) in [4.78, 5) is 6.88. The highest BCUT2D eigenvalue weighted by molar-refractivity contribution is 5.63. The van der Waals surface area contributed by atoms with Gasteiger partial charge in [0.2, 0.25) is 5.82 Å². The molecule has 1 aromatic carbocycles. The topological polar surface area (TPSA) is 52.5 Å². The van der Waals surface area contributed by atoms with Crippen molar-refractivity contribution in [1.82, 2.24) is 9.97 Å². The smallest absolute Gasteiger partial charge is 0.210 e. The summed E-state index contributed by atoms with van der Waals surface area (Å²) >= 11 is 0. The lowest BCUT2D eigenvalue weighted by atomic mass is 10.1. The second-order valence-electron chi connectivity index (χ2n) is 3.07. The molecule has 0 bridgehead atoms. The van der Waals surface area contributed by atoms with E-state index in [1.165, 1.54) is 5.56 Å². The minimum Gasteiger partial charge on any atom is -0.329 e. The van der Waals surface area contributed by atoms with Gasteiger partial charge in [-0.1, -0.05) is 24.3 Å². The molecule has 0 unspecified atom stereocenters. The van der Waals surface area contributed by atoms with Crippen molar-refractivity contribution in [3.05, 3.63) is 41.9 Å². The lowest BCUT2D eigenvalue weighted by Gasteiger charge is -2.00. The van der Waals surface area contributed by atoms with Gasteiger partial charge in [-0.15, -0.1) is 0 Å². The molecule has 2 rings (SSSR count). The minimum atomic E-state index is 0.350. The molecule has 0 saturated heterocycles. The van der Waals surface area contributed by atoms with Crippen LogP contribution in [-0.4, -0.2) is 9.97 Å². The predicted octanol–water partition coefficient (Wildman–Crippen LogP) is 2.26. The maximum absolute atomic E-state index is 8.62. The van der Waals surface area contributed by atoms with E-state index < -0.39 is 0 Å². The van der Waals surface area contributed by atoms with E-state index in [1.54, 1.807) is 6.20 Å². The molecule has 0 radical (unpaired) electrons. The van der Waals surface area contributed by atoms with E-state index in [0.717, 1.165) is 11.3 Å². The fourth-order valence-corrected chi connectivity index (χ4v) is 1.39. The zero-order chi connectivity index (χ0) is 9.97. The lowest BCUT2D eigenvalue weighted by Crippen LogP contribution is -1.82. The molecule has 1 heterocycles. The van der Waals surface area contributed by atoms with Crippen LogP contribution in [-0.2, 0) is 0 Å². The number of imidazole rings is 1. The highest BCUT2D eigenvalue weighted by atomic mass is 14.9. The standard InChI is InChI=1S/C11H9N3/c1-8-4-2-3-5-9(8)10-7-13-11(6-12)14-10/h2-5,7H,1H3,(H,13,14). The van der Waals surface area contributed by atoms with Crippen molar-refractivity contribution < 1.29 is 0 Å². The fourth-order valence-electron chi connectivity index (χ4n) is 1.39. The Labute approximate surface area is 82.0 Å². The average molecular weight is 183 g/mol. The zero-order valence-electron chi connectivity index (χ0n) is 7.78. The number of nitrogens with one attached hydrogen (secondary N) is 1. The number of benzene rings is 1. The SMILES string of the molecule is Cc1ccccc1-c1cnc(C#N)[nH]1. The van der Waals surface area contributed by atoms with E-state index in [0.29, 0.717) is 5.82 Å². The lowest BCUT2D eigenvalue weighted by molar-refractivity contribution is 1.23. The number of aromatic nitrogens is 2. The Balaban J connectivity index is 2.51. The normalized spacial score (nSPS) is 9.71. The summed E-state index contributed by atoms with van der Waals surface area (Å²) in [5, 5.41) is 8.62. The number of H-pyrrole nitrogens is 1. The van der Waals surface area contributed by atoms with Gasteiger partial charge in [0.25, 0.3) is 0 Å². The average Bonchev–Trinajstić information content (AvgIpc) is 2.67. The van der Waals surface area contributed by atoms with Crippen LogP contribution in [0.4, 0.5) is 0 Å². The van der Waals surface area contributed by atoms with Crippen molar-refractivity contribution in [1.29, 1.82) is 5.26 Å². The van der Waals surface area contributed by atoms with Gasteiger partial charge in [0.05, 0.1) is 11.9 Å². The van der Waals surface area contributed by atoms with E-state index >= 15 is 0 Å². The highest BCUT2D eigenvalue weighted by Gasteiger charge is 2.03. The van der Waals surface area contributed by atoms with Crippen LogP contribution in [0, 0.1) is 18.3 Å². The summed E-state index contributed by atoms with van der Waals surface area (Å²) < 4.78 is 0. The number of rotatable bonds is 1. The predicted molar refractivity (Wildman–Crippen MR) is 53.5 cm³/mol. The summed E-state index contributed by atoms with van der Waals surface area (Å²) in [5.74, 6) is 0.350. The number of nitrogens with zero attached hydrogens (tertiary/aromatic N) is 2. The van der Waals surface area contributed by atoms with Gasteiger partial charge in [-0.2, -0.15) is 5.26 Å². The second-order valence-corrected chi connectivity index (χ2v) is 3.07. The minimum absolute atomic E-state index is 0.350. The molecular formula is C11H9N3. The molecule has 0 fully saturated rings. The van der Waals surface area contributed by atoms with Crippen LogP contribution in [0.3, 0.4) is 0 Å². The molecule has 3 heteroatoms. The Morgan fingerprint density at radius 2 is 2.14 bits per heavy atom. The van der Waals surface area contributed by atoms with Crippen molar-refractivity contribution in [2.24, 2.45) is 0 Å². The summed E-state index contributed by atoms with van der Waals surface area (Å²) in [7, 11) is 0. The van der Waals surface area contributed by atoms with Crippen LogP contribution < -0.4 is 0 Å². The Morgan fingerprint density at radius 1 is 1.36 bits per heavy atom. The first-order valence-electron chi connectivity index (χ1n) is 4.32. The molecule has 2 aromatic rings. The quantitative estimate of drug-likeness (QED) is 0.737. The molecule has 0 atom stereocenters. The van der Waals surface area contributed by atoms with Crippen molar-refractivity contribution in [2.75, 3.05) is 0 Å². The van der Waals surface area contributed by atoms with Gasteiger partial charge in [-0.05, 0) is 12.5 Å². The van der Waals surface area contributed by atoms with Gasteiger partial charge in [-0.3, -0.25) is 0 Å². The van der Waals surface area contributed by atoms with E-state index in [9.17, 15) is 0 Å². The third-order valence-corrected chi connectivity index (χ3v) is 2.12.